The second-order valence-electron chi connectivity index (χ2n) is 6.15. The molecule has 0 aliphatic heterocycles. The van der Waals surface area contributed by atoms with E-state index in [0.29, 0.717) is 35.2 Å². The van der Waals surface area contributed by atoms with Gasteiger partial charge in [0, 0.05) is 24.0 Å². The number of methoxy groups -OCH3 is 2. The zero-order valence-electron chi connectivity index (χ0n) is 18.7. The Bertz CT molecular complexity index is 943. The van der Waals surface area contributed by atoms with Crippen LogP contribution in [-0.2, 0) is 0 Å². The van der Waals surface area contributed by atoms with Crippen molar-refractivity contribution in [2.24, 2.45) is 0 Å². The highest BCUT2D eigenvalue weighted by molar-refractivity contribution is 6.01. The van der Waals surface area contributed by atoms with Gasteiger partial charge in [0.2, 0.25) is 0 Å². The van der Waals surface area contributed by atoms with Gasteiger partial charge >= 0.3 is 6.03 Å². The minimum Gasteiger partial charge on any atom is -0.493 e. The number of anilines is 2. The molecular formula is C25H30N2O4. The molecule has 1 N–H and O–H groups in total. The lowest BCUT2D eigenvalue weighted by atomic mass is 10.2. The Morgan fingerprint density at radius 2 is 1.45 bits per heavy atom. The van der Waals surface area contributed by atoms with Crippen LogP contribution in [0.5, 0.6) is 23.0 Å². The molecule has 6 heteroatoms. The van der Waals surface area contributed by atoms with Gasteiger partial charge in [-0.25, -0.2) is 4.79 Å². The number of nitrogens with zero attached hydrogens (tertiary/aromatic N) is 1. The van der Waals surface area contributed by atoms with Gasteiger partial charge in [0.15, 0.2) is 11.5 Å². The fraction of sp³-hybridized carbons (Fsp3) is 0.240. The molecule has 0 aliphatic rings. The van der Waals surface area contributed by atoms with Crippen LogP contribution in [0, 0.1) is 0 Å². The van der Waals surface area contributed by atoms with Gasteiger partial charge in [-0.3, -0.25) is 4.90 Å². The molecule has 0 fully saturated rings. The molecule has 0 saturated carbocycles. The number of amides is 2. The Kier molecular flexibility index (Phi) is 9.23. The van der Waals surface area contributed by atoms with E-state index in [2.05, 4.69) is 5.32 Å². The molecule has 31 heavy (non-hydrogen) atoms. The first-order valence-corrected chi connectivity index (χ1v) is 10.3. The highest BCUT2D eigenvalue weighted by atomic mass is 16.5. The molecule has 0 heterocycles. The lowest BCUT2D eigenvalue weighted by Gasteiger charge is -2.22. The van der Waals surface area contributed by atoms with Crippen LogP contribution < -0.4 is 24.4 Å². The smallest absolute Gasteiger partial charge is 0.326 e. The second-order valence-corrected chi connectivity index (χ2v) is 6.15. The molecule has 6 nitrogen and oxygen atoms in total. The number of para-hydroxylation sites is 1. The highest BCUT2D eigenvalue weighted by Gasteiger charge is 2.16. The van der Waals surface area contributed by atoms with Gasteiger partial charge in [-0.05, 0) is 55.5 Å². The molecule has 2 amide bonds. The zero-order valence-corrected chi connectivity index (χ0v) is 18.7. The summed E-state index contributed by atoms with van der Waals surface area (Å²) in [6.07, 6.45) is 0. The van der Waals surface area contributed by atoms with Crippen molar-refractivity contribution in [1.82, 2.24) is 0 Å². The summed E-state index contributed by atoms with van der Waals surface area (Å²) in [7, 11) is 3.14. The molecule has 0 radical (unpaired) electrons. The number of nitrogens with one attached hydrogen (secondary N) is 1. The van der Waals surface area contributed by atoms with Gasteiger partial charge in [-0.15, -0.1) is 0 Å². The summed E-state index contributed by atoms with van der Waals surface area (Å²) in [5, 5.41) is 2.91. The van der Waals surface area contributed by atoms with E-state index < -0.39 is 0 Å². The summed E-state index contributed by atoms with van der Waals surface area (Å²) in [6, 6.07) is 21.9. The fourth-order valence-electron chi connectivity index (χ4n) is 2.86. The van der Waals surface area contributed by atoms with Crippen molar-refractivity contribution in [2.75, 3.05) is 31.0 Å². The van der Waals surface area contributed by atoms with E-state index in [9.17, 15) is 4.79 Å². The van der Waals surface area contributed by atoms with Crippen LogP contribution in [0.3, 0.4) is 0 Å². The molecule has 3 aromatic carbocycles. The zero-order chi connectivity index (χ0) is 22.6. The van der Waals surface area contributed by atoms with Gasteiger partial charge in [0.25, 0.3) is 0 Å². The third-order valence-corrected chi connectivity index (χ3v) is 4.32. The minimum absolute atomic E-state index is 0.239. The Hall–Kier alpha value is -3.67. The SMILES string of the molecule is CC.CCN(C(=O)Nc1ccc(Oc2ccccc2)cc1)c1ccc(OC)c(OC)c1. The maximum Gasteiger partial charge on any atom is 0.326 e. The summed E-state index contributed by atoms with van der Waals surface area (Å²) in [5.41, 5.74) is 1.39. The number of hydrogen-bond acceptors (Lipinski definition) is 4. The number of hydrogen-bond donors (Lipinski definition) is 1. The van der Waals surface area contributed by atoms with Crippen molar-refractivity contribution in [3.05, 3.63) is 72.8 Å². The molecule has 0 aromatic heterocycles. The largest absolute Gasteiger partial charge is 0.493 e. The average molecular weight is 423 g/mol. The first-order chi connectivity index (χ1) is 15.1. The van der Waals surface area contributed by atoms with Crippen LogP contribution in [0.1, 0.15) is 20.8 Å². The van der Waals surface area contributed by atoms with Crippen LogP contribution in [0.2, 0.25) is 0 Å². The van der Waals surface area contributed by atoms with E-state index in [1.165, 1.54) is 0 Å². The topological polar surface area (TPSA) is 60.0 Å². The van der Waals surface area contributed by atoms with Crippen LogP contribution in [0.25, 0.3) is 0 Å². The summed E-state index contributed by atoms with van der Waals surface area (Å²) in [5.74, 6) is 2.64. The number of benzene rings is 3. The highest BCUT2D eigenvalue weighted by Crippen LogP contribution is 2.32. The molecule has 0 atom stereocenters. The molecule has 3 rings (SSSR count). The van der Waals surface area contributed by atoms with Crippen molar-refractivity contribution in [1.29, 1.82) is 0 Å². The molecular weight excluding hydrogens is 392 g/mol. The van der Waals surface area contributed by atoms with E-state index in [1.54, 1.807) is 43.4 Å². The monoisotopic (exact) mass is 422 g/mol. The third-order valence-electron chi connectivity index (χ3n) is 4.32. The Morgan fingerprint density at radius 3 is 2.03 bits per heavy atom. The van der Waals surface area contributed by atoms with E-state index in [-0.39, 0.29) is 6.03 Å². The Morgan fingerprint density at radius 1 is 0.839 bits per heavy atom. The van der Waals surface area contributed by atoms with E-state index in [0.717, 1.165) is 5.75 Å². The van der Waals surface area contributed by atoms with Crippen molar-refractivity contribution in [2.45, 2.75) is 20.8 Å². The maximum atomic E-state index is 12.8. The molecule has 0 aliphatic carbocycles. The van der Waals surface area contributed by atoms with Crippen LogP contribution >= 0.6 is 0 Å². The van der Waals surface area contributed by atoms with E-state index in [4.69, 9.17) is 14.2 Å². The van der Waals surface area contributed by atoms with Crippen LogP contribution in [0.4, 0.5) is 16.2 Å². The van der Waals surface area contributed by atoms with Crippen molar-refractivity contribution < 1.29 is 19.0 Å². The normalized spacial score (nSPS) is 9.71. The lowest BCUT2D eigenvalue weighted by molar-refractivity contribution is 0.257. The molecule has 0 spiro atoms. The summed E-state index contributed by atoms with van der Waals surface area (Å²) in [6.45, 7) is 6.41. The predicted octanol–water partition coefficient (Wildman–Crippen LogP) is 6.58. The molecule has 0 saturated heterocycles. The first-order valence-electron chi connectivity index (χ1n) is 10.3. The number of urea groups is 1. The quantitative estimate of drug-likeness (QED) is 0.467. The van der Waals surface area contributed by atoms with Crippen molar-refractivity contribution in [3.63, 3.8) is 0 Å². The number of ether oxygens (including phenoxy) is 3. The summed E-state index contributed by atoms with van der Waals surface area (Å²) in [4.78, 5) is 14.4. The number of carbonyl (C=O) groups is 1. The predicted molar refractivity (Wildman–Crippen MR) is 126 cm³/mol. The van der Waals surface area contributed by atoms with Gasteiger partial charge in [-0.1, -0.05) is 32.0 Å². The fourth-order valence-corrected chi connectivity index (χ4v) is 2.86. The first kappa shape index (κ1) is 23.6. The Balaban J connectivity index is 0.00000166. The van der Waals surface area contributed by atoms with Gasteiger partial charge in [0.05, 0.1) is 14.2 Å². The van der Waals surface area contributed by atoms with E-state index in [1.807, 2.05) is 69.3 Å². The van der Waals surface area contributed by atoms with Crippen LogP contribution in [-0.4, -0.2) is 26.8 Å². The summed E-state index contributed by atoms with van der Waals surface area (Å²) < 4.78 is 16.4. The molecule has 3 aromatic rings. The standard InChI is InChI=1S/C23H24N2O4.C2H6/c1-4-25(18-12-15-21(27-2)22(16-18)28-3)23(26)24-17-10-13-20(14-11-17)29-19-8-6-5-7-9-19;1-2/h5-16H,4H2,1-3H3,(H,24,26);1-2H3. The number of carbonyl (C=O) groups excluding carboxylic acids is 1. The van der Waals surface area contributed by atoms with Gasteiger partial charge in [0.1, 0.15) is 11.5 Å². The van der Waals surface area contributed by atoms with E-state index >= 15 is 0 Å². The van der Waals surface area contributed by atoms with Crippen molar-refractivity contribution >= 4 is 17.4 Å². The average Bonchev–Trinajstić information content (AvgIpc) is 2.82. The molecule has 0 bridgehead atoms. The van der Waals surface area contributed by atoms with Crippen LogP contribution in [0.15, 0.2) is 72.8 Å². The summed E-state index contributed by atoms with van der Waals surface area (Å²) >= 11 is 0. The second kappa shape index (κ2) is 12.1. The van der Waals surface area contributed by atoms with Gasteiger partial charge < -0.3 is 19.5 Å². The maximum absolute atomic E-state index is 12.8. The lowest BCUT2D eigenvalue weighted by Crippen LogP contribution is -2.34. The minimum atomic E-state index is -0.239. The Labute approximate surface area is 184 Å². The molecule has 164 valence electrons. The molecule has 0 unspecified atom stereocenters. The number of rotatable bonds is 7. The van der Waals surface area contributed by atoms with Crippen molar-refractivity contribution in [3.8, 4) is 23.0 Å². The van der Waals surface area contributed by atoms with Gasteiger partial charge in [-0.2, -0.15) is 0 Å². The third kappa shape index (κ3) is 6.40.